The van der Waals surface area contributed by atoms with E-state index in [0.717, 1.165) is 36.8 Å². The van der Waals surface area contributed by atoms with Crippen molar-refractivity contribution in [2.24, 2.45) is 0 Å². The highest BCUT2D eigenvalue weighted by Gasteiger charge is 2.08. The second kappa shape index (κ2) is 8.31. The minimum atomic E-state index is 0.0860. The van der Waals surface area contributed by atoms with Crippen LogP contribution < -0.4 is 0 Å². The Bertz CT molecular complexity index is 457. The van der Waals surface area contributed by atoms with E-state index in [1.54, 1.807) is 6.08 Å². The van der Waals surface area contributed by atoms with Gasteiger partial charge in [-0.15, -0.1) is 0 Å². The number of hydrogen-bond donors (Lipinski definition) is 0. The van der Waals surface area contributed by atoms with Crippen LogP contribution >= 0.6 is 0 Å². The molecule has 0 aliphatic heterocycles. The van der Waals surface area contributed by atoms with Crippen LogP contribution in [-0.4, -0.2) is 5.78 Å². The standard InChI is InChI=1S/C17H20O/c1-3-5-6-7-9-12-15(4-2)17(18)16-13-10-8-11-14-16/h8,10-14H,3-6H2,1-2H3/b15-12+. The summed E-state index contributed by atoms with van der Waals surface area (Å²) >= 11 is 0. The van der Waals surface area contributed by atoms with Crippen LogP contribution in [0.3, 0.4) is 0 Å². The number of carbonyl (C=O) groups excluding carboxylic acids is 1. The third-order valence-corrected chi connectivity index (χ3v) is 2.71. The lowest BCUT2D eigenvalue weighted by Gasteiger charge is -2.01. The molecule has 1 rings (SSSR count). The second-order valence-electron chi connectivity index (χ2n) is 4.14. The number of carbonyl (C=O) groups is 1. The zero-order valence-electron chi connectivity index (χ0n) is 11.2. The summed E-state index contributed by atoms with van der Waals surface area (Å²) in [6.07, 6.45) is 5.67. The summed E-state index contributed by atoms with van der Waals surface area (Å²) in [5.41, 5.74) is 1.52. The van der Waals surface area contributed by atoms with E-state index in [4.69, 9.17) is 0 Å². The Hall–Kier alpha value is -1.81. The van der Waals surface area contributed by atoms with Crippen LogP contribution in [0.5, 0.6) is 0 Å². The molecular weight excluding hydrogens is 220 g/mol. The van der Waals surface area contributed by atoms with Gasteiger partial charge in [0.15, 0.2) is 5.78 Å². The summed E-state index contributed by atoms with van der Waals surface area (Å²) in [5, 5.41) is 0. The van der Waals surface area contributed by atoms with Crippen molar-refractivity contribution in [3.63, 3.8) is 0 Å². The van der Waals surface area contributed by atoms with Crippen molar-refractivity contribution < 1.29 is 4.79 Å². The molecule has 18 heavy (non-hydrogen) atoms. The summed E-state index contributed by atoms with van der Waals surface area (Å²) in [6.45, 7) is 4.13. The topological polar surface area (TPSA) is 17.1 Å². The Labute approximate surface area is 110 Å². The smallest absolute Gasteiger partial charge is 0.189 e. The highest BCUT2D eigenvalue weighted by molar-refractivity contribution is 6.08. The normalized spacial score (nSPS) is 10.7. The first-order chi connectivity index (χ1) is 8.79. The Kier molecular flexibility index (Phi) is 6.58. The monoisotopic (exact) mass is 240 g/mol. The summed E-state index contributed by atoms with van der Waals surface area (Å²) < 4.78 is 0. The second-order valence-corrected chi connectivity index (χ2v) is 4.14. The van der Waals surface area contributed by atoms with E-state index in [1.807, 2.05) is 37.3 Å². The highest BCUT2D eigenvalue weighted by atomic mass is 16.1. The highest BCUT2D eigenvalue weighted by Crippen LogP contribution is 2.10. The third-order valence-electron chi connectivity index (χ3n) is 2.71. The van der Waals surface area contributed by atoms with Crippen molar-refractivity contribution in [3.05, 3.63) is 47.5 Å². The first kappa shape index (κ1) is 14.3. The fraction of sp³-hybridized carbons (Fsp3) is 0.353. The number of benzene rings is 1. The molecule has 0 radical (unpaired) electrons. The summed E-state index contributed by atoms with van der Waals surface area (Å²) in [6, 6.07) is 9.37. The van der Waals surface area contributed by atoms with Gasteiger partial charge in [-0.2, -0.15) is 0 Å². The minimum Gasteiger partial charge on any atom is -0.289 e. The van der Waals surface area contributed by atoms with Crippen molar-refractivity contribution in [1.82, 2.24) is 0 Å². The fourth-order valence-electron chi connectivity index (χ4n) is 1.58. The molecule has 0 aliphatic rings. The van der Waals surface area contributed by atoms with Gasteiger partial charge in [-0.05, 0) is 18.9 Å². The van der Waals surface area contributed by atoms with E-state index in [-0.39, 0.29) is 5.78 Å². The van der Waals surface area contributed by atoms with Gasteiger partial charge >= 0.3 is 0 Å². The summed E-state index contributed by atoms with van der Waals surface area (Å²) in [4.78, 5) is 12.2. The predicted molar refractivity (Wildman–Crippen MR) is 76.4 cm³/mol. The quantitative estimate of drug-likeness (QED) is 0.323. The van der Waals surface area contributed by atoms with Crippen molar-refractivity contribution in [2.45, 2.75) is 39.5 Å². The zero-order valence-corrected chi connectivity index (χ0v) is 11.2. The van der Waals surface area contributed by atoms with Gasteiger partial charge in [0.05, 0.1) is 0 Å². The molecule has 0 unspecified atom stereocenters. The first-order valence-corrected chi connectivity index (χ1v) is 6.56. The SMILES string of the molecule is CCCCC#C/C=C(\CC)C(=O)c1ccccc1. The molecule has 0 saturated carbocycles. The number of hydrogen-bond acceptors (Lipinski definition) is 1. The molecule has 1 aromatic rings. The molecule has 1 heteroatoms. The van der Waals surface area contributed by atoms with Gasteiger partial charge in [0, 0.05) is 17.6 Å². The maximum Gasteiger partial charge on any atom is 0.189 e. The molecule has 1 aromatic carbocycles. The third kappa shape index (κ3) is 4.59. The lowest BCUT2D eigenvalue weighted by Crippen LogP contribution is -2.02. The lowest BCUT2D eigenvalue weighted by molar-refractivity contribution is 0.103. The van der Waals surface area contributed by atoms with Crippen LogP contribution in [0.25, 0.3) is 0 Å². The summed E-state index contributed by atoms with van der Waals surface area (Å²) in [7, 11) is 0. The van der Waals surface area contributed by atoms with Crippen molar-refractivity contribution >= 4 is 5.78 Å². The Morgan fingerprint density at radius 2 is 1.94 bits per heavy atom. The van der Waals surface area contributed by atoms with Crippen LogP contribution in [0, 0.1) is 11.8 Å². The maximum atomic E-state index is 12.2. The van der Waals surface area contributed by atoms with Crippen molar-refractivity contribution in [2.75, 3.05) is 0 Å². The number of unbranched alkanes of at least 4 members (excludes halogenated alkanes) is 2. The van der Waals surface area contributed by atoms with Gasteiger partial charge in [-0.25, -0.2) is 0 Å². The van der Waals surface area contributed by atoms with Gasteiger partial charge < -0.3 is 0 Å². The predicted octanol–water partition coefficient (Wildman–Crippen LogP) is 4.40. The number of ketones is 1. The molecule has 0 heterocycles. The van der Waals surface area contributed by atoms with E-state index in [0.29, 0.717) is 0 Å². The van der Waals surface area contributed by atoms with E-state index in [2.05, 4.69) is 18.8 Å². The molecule has 0 bridgehead atoms. The van der Waals surface area contributed by atoms with Gasteiger partial charge in [0.2, 0.25) is 0 Å². The molecule has 0 N–H and O–H groups in total. The summed E-state index contributed by atoms with van der Waals surface area (Å²) in [5.74, 6) is 6.15. The fourth-order valence-corrected chi connectivity index (χ4v) is 1.58. The Morgan fingerprint density at radius 1 is 1.22 bits per heavy atom. The van der Waals surface area contributed by atoms with Gasteiger partial charge in [0.1, 0.15) is 0 Å². The molecule has 1 nitrogen and oxygen atoms in total. The van der Waals surface area contributed by atoms with E-state index < -0.39 is 0 Å². The minimum absolute atomic E-state index is 0.0860. The van der Waals surface area contributed by atoms with Crippen LogP contribution in [0.15, 0.2) is 42.0 Å². The molecule has 0 aromatic heterocycles. The van der Waals surface area contributed by atoms with E-state index in [9.17, 15) is 4.79 Å². The number of rotatable bonds is 5. The van der Waals surface area contributed by atoms with Crippen LogP contribution in [-0.2, 0) is 0 Å². The Morgan fingerprint density at radius 3 is 2.56 bits per heavy atom. The average molecular weight is 240 g/mol. The largest absolute Gasteiger partial charge is 0.289 e. The number of Topliss-reactive ketones (excluding diaryl/α,β-unsaturated/α-hetero) is 1. The Balaban J connectivity index is 2.73. The lowest BCUT2D eigenvalue weighted by atomic mass is 10.0. The molecule has 94 valence electrons. The van der Waals surface area contributed by atoms with E-state index in [1.165, 1.54) is 0 Å². The van der Waals surface area contributed by atoms with Crippen LogP contribution in [0.2, 0.25) is 0 Å². The maximum absolute atomic E-state index is 12.2. The van der Waals surface area contributed by atoms with Gasteiger partial charge in [-0.1, -0.05) is 62.4 Å². The molecule has 0 spiro atoms. The molecule has 0 aliphatic carbocycles. The molecule has 0 amide bonds. The van der Waals surface area contributed by atoms with Crippen LogP contribution in [0.4, 0.5) is 0 Å². The molecule has 0 atom stereocenters. The van der Waals surface area contributed by atoms with Crippen molar-refractivity contribution in [3.8, 4) is 11.8 Å². The van der Waals surface area contributed by atoms with Gasteiger partial charge in [0.25, 0.3) is 0 Å². The zero-order chi connectivity index (χ0) is 13.2. The van der Waals surface area contributed by atoms with E-state index >= 15 is 0 Å². The number of allylic oxidation sites excluding steroid dienone is 2. The first-order valence-electron chi connectivity index (χ1n) is 6.56. The molecule has 0 saturated heterocycles. The van der Waals surface area contributed by atoms with Crippen molar-refractivity contribution in [1.29, 1.82) is 0 Å². The molecular formula is C17H20O. The van der Waals surface area contributed by atoms with Crippen LogP contribution in [0.1, 0.15) is 49.9 Å². The average Bonchev–Trinajstić information content (AvgIpc) is 2.43. The van der Waals surface area contributed by atoms with Gasteiger partial charge in [-0.3, -0.25) is 4.79 Å². The molecule has 0 fully saturated rings.